The zero-order chi connectivity index (χ0) is 16.1. The van der Waals surface area contributed by atoms with Gasteiger partial charge in [0, 0.05) is 12.1 Å². The lowest BCUT2D eigenvalue weighted by molar-refractivity contribution is 0.0915. The molecular formula is C18H21NO3. The maximum Gasteiger partial charge on any atom is 0.251 e. The number of nitrogens with one attached hydrogen (secondary N) is 1. The maximum absolute atomic E-state index is 12.2. The van der Waals surface area contributed by atoms with Gasteiger partial charge in [-0.3, -0.25) is 4.79 Å². The molecule has 0 aliphatic rings. The van der Waals surface area contributed by atoms with Gasteiger partial charge in [-0.2, -0.15) is 0 Å². The van der Waals surface area contributed by atoms with Crippen LogP contribution < -0.4 is 10.1 Å². The highest BCUT2D eigenvalue weighted by molar-refractivity contribution is 5.95. The van der Waals surface area contributed by atoms with Crippen molar-refractivity contribution < 1.29 is 14.6 Å². The average molecular weight is 299 g/mol. The molecule has 0 aromatic heterocycles. The van der Waals surface area contributed by atoms with Gasteiger partial charge in [0.1, 0.15) is 5.75 Å². The Morgan fingerprint density at radius 2 is 1.86 bits per heavy atom. The predicted octanol–water partition coefficient (Wildman–Crippen LogP) is 2.78. The van der Waals surface area contributed by atoms with Gasteiger partial charge in [-0.15, -0.1) is 0 Å². The van der Waals surface area contributed by atoms with Crippen molar-refractivity contribution >= 4 is 5.91 Å². The predicted molar refractivity (Wildman–Crippen MR) is 86.2 cm³/mol. The summed E-state index contributed by atoms with van der Waals surface area (Å²) in [6, 6.07) is 12.9. The van der Waals surface area contributed by atoms with Crippen molar-refractivity contribution in [1.82, 2.24) is 5.32 Å². The van der Waals surface area contributed by atoms with Crippen LogP contribution in [0.5, 0.6) is 5.75 Å². The third-order valence-corrected chi connectivity index (χ3v) is 3.59. The second-order valence-corrected chi connectivity index (χ2v) is 5.32. The molecule has 4 nitrogen and oxygen atoms in total. The van der Waals surface area contributed by atoms with Crippen LogP contribution in [0.1, 0.15) is 33.2 Å². The Morgan fingerprint density at radius 3 is 2.50 bits per heavy atom. The Bertz CT molecular complexity index is 650. The van der Waals surface area contributed by atoms with Crippen molar-refractivity contribution in [3.63, 3.8) is 0 Å². The first kappa shape index (κ1) is 16.0. The van der Waals surface area contributed by atoms with Crippen LogP contribution in [-0.2, 0) is 0 Å². The summed E-state index contributed by atoms with van der Waals surface area (Å²) < 4.78 is 5.08. The van der Waals surface area contributed by atoms with Crippen molar-refractivity contribution in [2.45, 2.75) is 20.0 Å². The van der Waals surface area contributed by atoms with Gasteiger partial charge in [0.25, 0.3) is 5.91 Å². The molecule has 0 aliphatic heterocycles. The molecule has 0 saturated heterocycles. The second kappa shape index (κ2) is 7.09. The molecule has 2 rings (SSSR count). The fourth-order valence-electron chi connectivity index (χ4n) is 2.21. The minimum atomic E-state index is -0.750. The first-order chi connectivity index (χ1) is 10.5. The molecule has 0 unspecified atom stereocenters. The number of rotatable bonds is 5. The van der Waals surface area contributed by atoms with Crippen LogP contribution in [0.4, 0.5) is 0 Å². The van der Waals surface area contributed by atoms with E-state index in [4.69, 9.17) is 4.74 Å². The van der Waals surface area contributed by atoms with E-state index in [1.807, 2.05) is 32.0 Å². The number of aliphatic hydroxyl groups excluding tert-OH is 1. The number of hydrogen-bond acceptors (Lipinski definition) is 3. The molecule has 1 atom stereocenters. The molecule has 2 aromatic carbocycles. The minimum Gasteiger partial charge on any atom is -0.497 e. The van der Waals surface area contributed by atoms with E-state index in [0.717, 1.165) is 22.4 Å². The number of benzene rings is 2. The normalized spacial score (nSPS) is 11.8. The minimum absolute atomic E-state index is 0.165. The van der Waals surface area contributed by atoms with E-state index in [1.165, 1.54) is 0 Å². The average Bonchev–Trinajstić information content (AvgIpc) is 2.54. The van der Waals surface area contributed by atoms with Gasteiger partial charge < -0.3 is 15.2 Å². The summed E-state index contributed by atoms with van der Waals surface area (Å²) >= 11 is 0. The molecule has 1 amide bonds. The van der Waals surface area contributed by atoms with Crippen LogP contribution in [0.2, 0.25) is 0 Å². The van der Waals surface area contributed by atoms with Crippen molar-refractivity contribution in [3.05, 3.63) is 64.7 Å². The third-order valence-electron chi connectivity index (χ3n) is 3.59. The van der Waals surface area contributed by atoms with Crippen LogP contribution in [0.15, 0.2) is 42.5 Å². The molecule has 2 N–H and O–H groups in total. The Kier molecular flexibility index (Phi) is 5.17. The molecule has 116 valence electrons. The number of aryl methyl sites for hydroxylation is 2. The zero-order valence-corrected chi connectivity index (χ0v) is 13.1. The van der Waals surface area contributed by atoms with E-state index in [0.29, 0.717) is 5.56 Å². The molecule has 0 radical (unpaired) electrons. The molecule has 0 bridgehead atoms. The van der Waals surface area contributed by atoms with E-state index < -0.39 is 6.10 Å². The number of hydrogen-bond donors (Lipinski definition) is 2. The number of carbonyl (C=O) groups excluding carboxylic acids is 1. The van der Waals surface area contributed by atoms with Gasteiger partial charge in [-0.1, -0.05) is 29.8 Å². The number of ether oxygens (including phenoxy) is 1. The number of carbonyl (C=O) groups is 1. The summed E-state index contributed by atoms with van der Waals surface area (Å²) in [6.45, 7) is 4.01. The lowest BCUT2D eigenvalue weighted by Gasteiger charge is -2.14. The van der Waals surface area contributed by atoms with Crippen LogP contribution in [0, 0.1) is 13.8 Å². The highest BCUT2D eigenvalue weighted by Crippen LogP contribution is 2.17. The highest BCUT2D eigenvalue weighted by atomic mass is 16.5. The lowest BCUT2D eigenvalue weighted by Crippen LogP contribution is -2.29. The van der Waals surface area contributed by atoms with E-state index in [9.17, 15) is 9.90 Å². The zero-order valence-electron chi connectivity index (χ0n) is 13.1. The second-order valence-electron chi connectivity index (χ2n) is 5.32. The van der Waals surface area contributed by atoms with Crippen LogP contribution >= 0.6 is 0 Å². The Hall–Kier alpha value is -2.33. The lowest BCUT2D eigenvalue weighted by atomic mass is 10.0. The Labute approximate surface area is 130 Å². The SMILES string of the molecule is COc1ccc([C@@H](O)CNC(=O)c2cc(C)ccc2C)cc1. The van der Waals surface area contributed by atoms with Crippen LogP contribution in [0.25, 0.3) is 0 Å². The molecule has 0 spiro atoms. The summed E-state index contributed by atoms with van der Waals surface area (Å²) in [4.78, 5) is 12.2. The molecule has 0 fully saturated rings. The fraction of sp³-hybridized carbons (Fsp3) is 0.278. The number of amides is 1. The fourth-order valence-corrected chi connectivity index (χ4v) is 2.21. The van der Waals surface area contributed by atoms with Gasteiger partial charge in [0.05, 0.1) is 13.2 Å². The van der Waals surface area contributed by atoms with Crippen LogP contribution in [0.3, 0.4) is 0 Å². The van der Waals surface area contributed by atoms with Gasteiger partial charge >= 0.3 is 0 Å². The highest BCUT2D eigenvalue weighted by Gasteiger charge is 2.12. The Morgan fingerprint density at radius 1 is 1.18 bits per heavy atom. The molecule has 0 aliphatic carbocycles. The standard InChI is InChI=1S/C18H21NO3/c1-12-4-5-13(2)16(10-12)18(21)19-11-17(20)14-6-8-15(22-3)9-7-14/h4-10,17,20H,11H2,1-3H3,(H,19,21)/t17-/m0/s1. The molecule has 2 aromatic rings. The summed E-state index contributed by atoms with van der Waals surface area (Å²) in [5.74, 6) is 0.559. The number of methoxy groups -OCH3 is 1. The van der Waals surface area contributed by atoms with Crippen molar-refractivity contribution in [2.75, 3.05) is 13.7 Å². The summed E-state index contributed by atoms with van der Waals surface area (Å²) in [7, 11) is 1.59. The Balaban J connectivity index is 1.99. The van der Waals surface area contributed by atoms with Crippen molar-refractivity contribution in [2.24, 2.45) is 0 Å². The third kappa shape index (κ3) is 3.86. The van der Waals surface area contributed by atoms with Crippen LogP contribution in [-0.4, -0.2) is 24.7 Å². The topological polar surface area (TPSA) is 58.6 Å². The maximum atomic E-state index is 12.2. The van der Waals surface area contributed by atoms with Crippen molar-refractivity contribution in [3.8, 4) is 5.75 Å². The summed E-state index contributed by atoms with van der Waals surface area (Å²) in [5, 5.41) is 12.9. The number of aliphatic hydroxyl groups is 1. The molecular weight excluding hydrogens is 278 g/mol. The largest absolute Gasteiger partial charge is 0.497 e. The smallest absolute Gasteiger partial charge is 0.251 e. The van der Waals surface area contributed by atoms with E-state index in [2.05, 4.69) is 5.32 Å². The van der Waals surface area contributed by atoms with E-state index in [1.54, 1.807) is 31.4 Å². The quantitative estimate of drug-likeness (QED) is 0.892. The van der Waals surface area contributed by atoms with Gasteiger partial charge in [0.2, 0.25) is 0 Å². The molecule has 4 heteroatoms. The van der Waals surface area contributed by atoms with E-state index in [-0.39, 0.29) is 12.5 Å². The summed E-state index contributed by atoms with van der Waals surface area (Å²) in [6.07, 6.45) is -0.750. The van der Waals surface area contributed by atoms with Crippen molar-refractivity contribution in [1.29, 1.82) is 0 Å². The van der Waals surface area contributed by atoms with Gasteiger partial charge in [-0.25, -0.2) is 0 Å². The molecule has 0 heterocycles. The van der Waals surface area contributed by atoms with Gasteiger partial charge in [0.15, 0.2) is 0 Å². The summed E-state index contributed by atoms with van der Waals surface area (Å²) in [5.41, 5.74) is 3.33. The van der Waals surface area contributed by atoms with Gasteiger partial charge in [-0.05, 0) is 43.2 Å². The first-order valence-electron chi connectivity index (χ1n) is 7.18. The molecule has 0 saturated carbocycles. The van der Waals surface area contributed by atoms with E-state index >= 15 is 0 Å². The molecule has 22 heavy (non-hydrogen) atoms. The monoisotopic (exact) mass is 299 g/mol. The first-order valence-corrected chi connectivity index (χ1v) is 7.18.